The second kappa shape index (κ2) is 5.73. The van der Waals surface area contributed by atoms with Gasteiger partial charge in [0.2, 0.25) is 6.41 Å². The summed E-state index contributed by atoms with van der Waals surface area (Å²) >= 11 is 0. The molecule has 8 aliphatic carbocycles. The van der Waals surface area contributed by atoms with E-state index >= 15 is 0 Å². The first-order valence-electron chi connectivity index (χ1n) is 11.5. The van der Waals surface area contributed by atoms with E-state index in [1.807, 2.05) is 0 Å². The molecule has 0 aromatic carbocycles. The topological polar surface area (TPSA) is 20.3 Å². The van der Waals surface area contributed by atoms with Crippen LogP contribution in [0.5, 0.6) is 0 Å². The van der Waals surface area contributed by atoms with Crippen LogP contribution in [-0.2, 0) is 4.79 Å². The fourth-order valence-corrected chi connectivity index (χ4v) is 9.52. The van der Waals surface area contributed by atoms with Gasteiger partial charge >= 0.3 is 0 Å². The van der Waals surface area contributed by atoms with E-state index in [0.29, 0.717) is 6.04 Å². The first kappa shape index (κ1) is 15.5. The van der Waals surface area contributed by atoms with Crippen LogP contribution in [0.15, 0.2) is 0 Å². The number of rotatable bonds is 5. The van der Waals surface area contributed by atoms with E-state index < -0.39 is 0 Å². The number of nitrogens with zero attached hydrogens (tertiary/aromatic N) is 1. The first-order chi connectivity index (χ1) is 12.3. The van der Waals surface area contributed by atoms with Gasteiger partial charge in [0.1, 0.15) is 0 Å². The predicted octanol–water partition coefficient (Wildman–Crippen LogP) is 4.73. The Labute approximate surface area is 153 Å². The minimum atomic E-state index is 0.613. The molecule has 8 rings (SSSR count). The van der Waals surface area contributed by atoms with E-state index in [1.54, 1.807) is 6.42 Å². The summed E-state index contributed by atoms with van der Waals surface area (Å²) in [4.78, 5) is 14.4. The van der Waals surface area contributed by atoms with Crippen LogP contribution in [-0.4, -0.2) is 23.9 Å². The number of hydrogen-bond acceptors (Lipinski definition) is 1. The van der Waals surface area contributed by atoms with Gasteiger partial charge in [0, 0.05) is 12.6 Å². The van der Waals surface area contributed by atoms with E-state index in [1.165, 1.54) is 70.6 Å². The van der Waals surface area contributed by atoms with Crippen LogP contribution in [0.4, 0.5) is 0 Å². The van der Waals surface area contributed by atoms with Crippen molar-refractivity contribution in [3.63, 3.8) is 0 Å². The highest BCUT2D eigenvalue weighted by atomic mass is 16.1. The molecule has 8 bridgehead atoms. The molecule has 8 saturated carbocycles. The standard InChI is InChI=1S/C23H35NO/c25-13-24(23-20-9-16-4-17(11-20)12-21(23)10-16)2-1-22-18-5-14-3-15(7-18)8-19(22)6-14/h13-23H,1-12H2. The molecule has 1 amide bonds. The molecule has 0 heterocycles. The van der Waals surface area contributed by atoms with Gasteiger partial charge in [0.05, 0.1) is 0 Å². The molecular formula is C23H35NO. The summed E-state index contributed by atoms with van der Waals surface area (Å²) in [5.41, 5.74) is 0. The third-order valence-corrected chi connectivity index (χ3v) is 9.84. The lowest BCUT2D eigenvalue weighted by Crippen LogP contribution is -2.56. The van der Waals surface area contributed by atoms with Gasteiger partial charge in [-0.2, -0.15) is 0 Å². The van der Waals surface area contributed by atoms with E-state index in [-0.39, 0.29) is 0 Å². The Morgan fingerprint density at radius 1 is 0.640 bits per heavy atom. The Morgan fingerprint density at radius 3 is 1.52 bits per heavy atom. The molecule has 0 unspecified atom stereocenters. The maximum absolute atomic E-state index is 12.0. The highest BCUT2D eigenvalue weighted by Crippen LogP contribution is 2.58. The molecule has 0 saturated heterocycles. The van der Waals surface area contributed by atoms with Gasteiger partial charge in [-0.3, -0.25) is 4.79 Å². The van der Waals surface area contributed by atoms with Gasteiger partial charge in [-0.15, -0.1) is 0 Å². The maximum Gasteiger partial charge on any atom is 0.209 e. The van der Waals surface area contributed by atoms with Crippen LogP contribution in [0.1, 0.15) is 70.6 Å². The molecule has 0 N–H and O–H groups in total. The summed E-state index contributed by atoms with van der Waals surface area (Å²) < 4.78 is 0. The van der Waals surface area contributed by atoms with E-state index in [2.05, 4.69) is 4.90 Å². The zero-order valence-electron chi connectivity index (χ0n) is 15.7. The van der Waals surface area contributed by atoms with Crippen molar-refractivity contribution < 1.29 is 4.79 Å². The highest BCUT2D eigenvalue weighted by molar-refractivity contribution is 5.48. The van der Waals surface area contributed by atoms with Crippen molar-refractivity contribution in [3.8, 4) is 0 Å². The molecule has 2 nitrogen and oxygen atoms in total. The number of amides is 1. The third kappa shape index (κ3) is 2.45. The number of carbonyl (C=O) groups excluding carboxylic acids is 1. The first-order valence-corrected chi connectivity index (χ1v) is 11.5. The number of carbonyl (C=O) groups is 1. The summed E-state index contributed by atoms with van der Waals surface area (Å²) in [7, 11) is 0. The van der Waals surface area contributed by atoms with Crippen molar-refractivity contribution in [3.05, 3.63) is 0 Å². The predicted molar refractivity (Wildman–Crippen MR) is 98.8 cm³/mol. The van der Waals surface area contributed by atoms with Crippen LogP contribution in [0.3, 0.4) is 0 Å². The van der Waals surface area contributed by atoms with E-state index in [0.717, 1.165) is 59.8 Å². The smallest absolute Gasteiger partial charge is 0.209 e. The van der Waals surface area contributed by atoms with Crippen LogP contribution in [0, 0.1) is 53.3 Å². The van der Waals surface area contributed by atoms with Gasteiger partial charge in [0.15, 0.2) is 0 Å². The average Bonchev–Trinajstić information content (AvgIpc) is 2.57. The van der Waals surface area contributed by atoms with Crippen molar-refractivity contribution in [1.29, 1.82) is 0 Å². The Morgan fingerprint density at radius 2 is 1.08 bits per heavy atom. The molecule has 138 valence electrons. The minimum absolute atomic E-state index is 0.613. The van der Waals surface area contributed by atoms with Gasteiger partial charge in [-0.25, -0.2) is 0 Å². The lowest BCUT2D eigenvalue weighted by atomic mass is 9.51. The summed E-state index contributed by atoms with van der Waals surface area (Å²) in [5.74, 6) is 8.85. The van der Waals surface area contributed by atoms with Gasteiger partial charge < -0.3 is 4.90 Å². The zero-order valence-corrected chi connectivity index (χ0v) is 15.7. The van der Waals surface area contributed by atoms with Crippen molar-refractivity contribution >= 4 is 6.41 Å². The highest BCUT2D eigenvalue weighted by Gasteiger charge is 2.51. The van der Waals surface area contributed by atoms with Gasteiger partial charge in [-0.1, -0.05) is 0 Å². The molecule has 0 aromatic rings. The molecule has 8 fully saturated rings. The van der Waals surface area contributed by atoms with Crippen molar-refractivity contribution in [2.45, 2.75) is 76.7 Å². The lowest BCUT2D eigenvalue weighted by Gasteiger charge is -2.57. The third-order valence-electron chi connectivity index (χ3n) is 9.84. The van der Waals surface area contributed by atoms with Gasteiger partial charge in [0.25, 0.3) is 0 Å². The Hall–Kier alpha value is -0.530. The molecule has 0 radical (unpaired) electrons. The van der Waals surface area contributed by atoms with Crippen LogP contribution < -0.4 is 0 Å². The molecule has 25 heavy (non-hydrogen) atoms. The monoisotopic (exact) mass is 341 g/mol. The van der Waals surface area contributed by atoms with E-state index in [4.69, 9.17) is 0 Å². The normalized spacial score (nSPS) is 54.9. The SMILES string of the molecule is O=CN(CCC1C2CC3CC(C2)CC1C3)C1C2CC3CC(C2)CC1C3. The van der Waals surface area contributed by atoms with Gasteiger partial charge in [-0.05, 0) is 124 Å². The minimum Gasteiger partial charge on any atom is -0.342 e. The average molecular weight is 342 g/mol. The molecule has 0 spiro atoms. The molecule has 0 aromatic heterocycles. The molecular weight excluding hydrogens is 306 g/mol. The largest absolute Gasteiger partial charge is 0.342 e. The second-order valence-electron chi connectivity index (χ2n) is 11.1. The van der Waals surface area contributed by atoms with Crippen molar-refractivity contribution in [1.82, 2.24) is 4.90 Å². The zero-order chi connectivity index (χ0) is 16.5. The number of hydrogen-bond donors (Lipinski definition) is 0. The van der Waals surface area contributed by atoms with Crippen LogP contribution in [0.25, 0.3) is 0 Å². The fraction of sp³-hybridized carbons (Fsp3) is 0.957. The molecule has 0 aliphatic heterocycles. The Kier molecular flexibility index (Phi) is 3.56. The molecule has 0 atom stereocenters. The Balaban J connectivity index is 1.14. The van der Waals surface area contributed by atoms with Crippen LogP contribution >= 0.6 is 0 Å². The Bertz CT molecular complexity index is 486. The summed E-state index contributed by atoms with van der Waals surface area (Å²) in [6, 6.07) is 0.613. The fourth-order valence-electron chi connectivity index (χ4n) is 9.52. The lowest BCUT2D eigenvalue weighted by molar-refractivity contribution is -0.132. The maximum atomic E-state index is 12.0. The van der Waals surface area contributed by atoms with E-state index in [9.17, 15) is 4.79 Å². The summed E-state index contributed by atoms with van der Waals surface area (Å²) in [6.45, 7) is 1.07. The quantitative estimate of drug-likeness (QED) is 0.662. The van der Waals surface area contributed by atoms with Crippen molar-refractivity contribution in [2.24, 2.45) is 53.3 Å². The second-order valence-corrected chi connectivity index (χ2v) is 11.1. The summed E-state index contributed by atoms with van der Waals surface area (Å²) in [5, 5.41) is 0. The van der Waals surface area contributed by atoms with Crippen LogP contribution in [0.2, 0.25) is 0 Å². The summed E-state index contributed by atoms with van der Waals surface area (Å²) in [6.07, 6.45) is 17.4. The molecule has 2 heteroatoms. The molecule has 8 aliphatic rings. The van der Waals surface area contributed by atoms with Crippen molar-refractivity contribution in [2.75, 3.05) is 6.54 Å².